The fourth-order valence-electron chi connectivity index (χ4n) is 1.67. The molecule has 0 saturated heterocycles. The van der Waals surface area contributed by atoms with Crippen LogP contribution in [-0.4, -0.2) is 10.9 Å². The van der Waals surface area contributed by atoms with E-state index in [0.717, 1.165) is 17.1 Å². The number of aromatic nitrogens is 1. The van der Waals surface area contributed by atoms with Crippen molar-refractivity contribution < 1.29 is 4.79 Å². The Bertz CT molecular complexity index is 582. The maximum Gasteiger partial charge on any atom is 0.251 e. The first-order valence-corrected chi connectivity index (χ1v) is 7.36. The first-order valence-electron chi connectivity index (χ1n) is 6.11. The number of aryl methyl sites for hydroxylation is 1. The van der Waals surface area contributed by atoms with E-state index in [1.54, 1.807) is 35.6 Å². The van der Waals surface area contributed by atoms with Gasteiger partial charge in [-0.25, -0.2) is 4.98 Å². The summed E-state index contributed by atoms with van der Waals surface area (Å²) in [6.07, 6.45) is 0.916. The van der Waals surface area contributed by atoms with Gasteiger partial charge in [-0.05, 0) is 31.5 Å². The van der Waals surface area contributed by atoms with Gasteiger partial charge in [-0.2, -0.15) is 0 Å². The Hall–Kier alpha value is -1.39. The van der Waals surface area contributed by atoms with Crippen LogP contribution in [0.3, 0.4) is 0 Å². The molecular formula is C14H15ClN2OS. The molecule has 100 valence electrons. The molecule has 1 aromatic carbocycles. The second kappa shape index (κ2) is 6.17. The lowest BCUT2D eigenvalue weighted by molar-refractivity contribution is 0.0939. The Morgan fingerprint density at radius 1 is 1.53 bits per heavy atom. The van der Waals surface area contributed by atoms with Crippen LogP contribution in [0.2, 0.25) is 5.02 Å². The summed E-state index contributed by atoms with van der Waals surface area (Å²) in [6.45, 7) is 3.99. The second-order valence-electron chi connectivity index (χ2n) is 4.23. The molecule has 2 aromatic rings. The van der Waals surface area contributed by atoms with Gasteiger partial charge >= 0.3 is 0 Å². The molecule has 1 N–H and O–H groups in total. The van der Waals surface area contributed by atoms with E-state index in [1.807, 2.05) is 12.3 Å². The lowest BCUT2D eigenvalue weighted by Gasteiger charge is -2.11. The van der Waals surface area contributed by atoms with E-state index in [0.29, 0.717) is 10.6 Å². The maximum atomic E-state index is 12.1. The highest BCUT2D eigenvalue weighted by Gasteiger charge is 2.14. The number of rotatable bonds is 4. The van der Waals surface area contributed by atoms with E-state index in [-0.39, 0.29) is 11.9 Å². The quantitative estimate of drug-likeness (QED) is 0.930. The highest BCUT2D eigenvalue weighted by molar-refractivity contribution is 7.09. The summed E-state index contributed by atoms with van der Waals surface area (Å²) < 4.78 is 0. The van der Waals surface area contributed by atoms with E-state index >= 15 is 0 Å². The van der Waals surface area contributed by atoms with Gasteiger partial charge in [0, 0.05) is 16.0 Å². The predicted octanol–water partition coefficient (Wildman–Crippen LogP) is 3.85. The largest absolute Gasteiger partial charge is 0.344 e. The summed E-state index contributed by atoms with van der Waals surface area (Å²) in [7, 11) is 0. The Morgan fingerprint density at radius 2 is 2.32 bits per heavy atom. The van der Waals surface area contributed by atoms with Crippen molar-refractivity contribution in [2.24, 2.45) is 0 Å². The number of carbonyl (C=O) groups excluding carboxylic acids is 1. The Labute approximate surface area is 121 Å². The van der Waals surface area contributed by atoms with Crippen molar-refractivity contribution in [2.45, 2.75) is 26.3 Å². The zero-order chi connectivity index (χ0) is 13.8. The van der Waals surface area contributed by atoms with Crippen LogP contribution < -0.4 is 5.32 Å². The molecule has 0 radical (unpaired) electrons. The van der Waals surface area contributed by atoms with Gasteiger partial charge < -0.3 is 5.32 Å². The zero-order valence-corrected chi connectivity index (χ0v) is 12.4. The predicted molar refractivity (Wildman–Crippen MR) is 78.8 cm³/mol. The van der Waals surface area contributed by atoms with E-state index in [1.165, 1.54) is 0 Å². The molecule has 19 heavy (non-hydrogen) atoms. The van der Waals surface area contributed by atoms with Gasteiger partial charge in [-0.1, -0.05) is 24.6 Å². The molecule has 0 fully saturated rings. The zero-order valence-electron chi connectivity index (χ0n) is 10.8. The van der Waals surface area contributed by atoms with Gasteiger partial charge in [0.25, 0.3) is 5.91 Å². The SMILES string of the molecule is CCc1nc(C(C)NC(=O)c2cccc(Cl)c2)cs1. The van der Waals surface area contributed by atoms with E-state index < -0.39 is 0 Å². The minimum absolute atomic E-state index is 0.108. The summed E-state index contributed by atoms with van der Waals surface area (Å²) in [5.41, 5.74) is 1.46. The van der Waals surface area contributed by atoms with Gasteiger partial charge in [0.15, 0.2) is 0 Å². The van der Waals surface area contributed by atoms with Crippen LogP contribution in [0.25, 0.3) is 0 Å². The minimum atomic E-state index is -0.138. The molecule has 1 atom stereocenters. The van der Waals surface area contributed by atoms with Gasteiger partial charge in [-0.3, -0.25) is 4.79 Å². The fraction of sp³-hybridized carbons (Fsp3) is 0.286. The number of halogens is 1. The standard InChI is InChI=1S/C14H15ClN2OS/c1-3-13-17-12(8-19-13)9(2)16-14(18)10-5-4-6-11(15)7-10/h4-9H,3H2,1-2H3,(H,16,18). The summed E-state index contributed by atoms with van der Waals surface area (Å²) in [5, 5.41) is 6.55. The maximum absolute atomic E-state index is 12.1. The normalized spacial score (nSPS) is 12.2. The van der Waals surface area contributed by atoms with Crippen LogP contribution in [0, 0.1) is 0 Å². The smallest absolute Gasteiger partial charge is 0.251 e. The van der Waals surface area contributed by atoms with E-state index in [4.69, 9.17) is 11.6 Å². The van der Waals surface area contributed by atoms with Gasteiger partial charge in [0.2, 0.25) is 0 Å². The van der Waals surface area contributed by atoms with Crippen molar-refractivity contribution in [3.63, 3.8) is 0 Å². The topological polar surface area (TPSA) is 42.0 Å². The van der Waals surface area contributed by atoms with Crippen LogP contribution in [0.1, 0.15) is 40.9 Å². The monoisotopic (exact) mass is 294 g/mol. The summed E-state index contributed by atoms with van der Waals surface area (Å²) in [5.74, 6) is -0.138. The first-order chi connectivity index (χ1) is 9.10. The summed E-state index contributed by atoms with van der Waals surface area (Å²) >= 11 is 7.49. The van der Waals surface area contributed by atoms with Gasteiger partial charge in [0.05, 0.1) is 16.7 Å². The van der Waals surface area contributed by atoms with Crippen LogP contribution in [0.5, 0.6) is 0 Å². The van der Waals surface area contributed by atoms with Crippen LogP contribution in [0.15, 0.2) is 29.6 Å². The van der Waals surface area contributed by atoms with Crippen molar-refractivity contribution in [3.8, 4) is 0 Å². The lowest BCUT2D eigenvalue weighted by atomic mass is 10.2. The van der Waals surface area contributed by atoms with E-state index in [9.17, 15) is 4.79 Å². The number of thiazole rings is 1. The highest BCUT2D eigenvalue weighted by atomic mass is 35.5. The Kier molecular flexibility index (Phi) is 4.56. The third-order valence-electron chi connectivity index (χ3n) is 2.75. The van der Waals surface area contributed by atoms with Crippen molar-refractivity contribution in [1.29, 1.82) is 0 Å². The molecule has 3 nitrogen and oxygen atoms in total. The summed E-state index contributed by atoms with van der Waals surface area (Å²) in [6, 6.07) is 6.80. The number of hydrogen-bond acceptors (Lipinski definition) is 3. The molecule has 0 bridgehead atoms. The number of carbonyl (C=O) groups is 1. The molecule has 0 aliphatic carbocycles. The molecule has 5 heteroatoms. The number of amides is 1. The molecular weight excluding hydrogens is 280 g/mol. The molecule has 0 spiro atoms. The van der Waals surface area contributed by atoms with Crippen LogP contribution in [-0.2, 0) is 6.42 Å². The molecule has 2 rings (SSSR count). The first kappa shape index (κ1) is 14.0. The molecule has 1 amide bonds. The van der Waals surface area contributed by atoms with Crippen molar-refractivity contribution >= 4 is 28.8 Å². The molecule has 0 saturated carbocycles. The van der Waals surface area contributed by atoms with Crippen molar-refractivity contribution in [3.05, 3.63) is 50.9 Å². The van der Waals surface area contributed by atoms with Crippen LogP contribution >= 0.6 is 22.9 Å². The average molecular weight is 295 g/mol. The van der Waals surface area contributed by atoms with Crippen LogP contribution in [0.4, 0.5) is 0 Å². The minimum Gasteiger partial charge on any atom is -0.344 e. The number of hydrogen-bond donors (Lipinski definition) is 1. The highest BCUT2D eigenvalue weighted by Crippen LogP contribution is 2.18. The van der Waals surface area contributed by atoms with Crippen molar-refractivity contribution in [2.75, 3.05) is 0 Å². The Morgan fingerprint density at radius 3 is 2.95 bits per heavy atom. The fourth-order valence-corrected chi connectivity index (χ4v) is 2.70. The van der Waals surface area contributed by atoms with Gasteiger partial charge in [0.1, 0.15) is 0 Å². The van der Waals surface area contributed by atoms with E-state index in [2.05, 4.69) is 17.2 Å². The molecule has 1 aromatic heterocycles. The number of nitrogens with one attached hydrogen (secondary N) is 1. The Balaban J connectivity index is 2.06. The van der Waals surface area contributed by atoms with Crippen molar-refractivity contribution in [1.82, 2.24) is 10.3 Å². The lowest BCUT2D eigenvalue weighted by Crippen LogP contribution is -2.26. The molecule has 0 aliphatic heterocycles. The third kappa shape index (κ3) is 3.55. The molecule has 1 heterocycles. The molecule has 0 aliphatic rings. The number of nitrogens with zero attached hydrogens (tertiary/aromatic N) is 1. The third-order valence-corrected chi connectivity index (χ3v) is 4.00. The molecule has 1 unspecified atom stereocenters. The van der Waals surface area contributed by atoms with Gasteiger partial charge in [-0.15, -0.1) is 11.3 Å². The average Bonchev–Trinajstić information content (AvgIpc) is 2.87. The second-order valence-corrected chi connectivity index (χ2v) is 5.60. The number of benzene rings is 1. The summed E-state index contributed by atoms with van der Waals surface area (Å²) in [4.78, 5) is 16.5.